The van der Waals surface area contributed by atoms with Gasteiger partial charge >= 0.3 is 0 Å². The smallest absolute Gasteiger partial charge is 0.220 e. The number of carbonyl (C=O) groups excluding carboxylic acids is 1. The van der Waals surface area contributed by atoms with Gasteiger partial charge in [0.05, 0.1) is 5.75 Å². The van der Waals surface area contributed by atoms with Crippen LogP contribution in [0.1, 0.15) is 26.7 Å². The normalized spacial score (nSPS) is 15.5. The molecule has 0 aliphatic rings. The van der Waals surface area contributed by atoms with Gasteiger partial charge in [0.2, 0.25) is 5.91 Å². The summed E-state index contributed by atoms with van der Waals surface area (Å²) in [5.74, 6) is 0.179. The third-order valence-electron chi connectivity index (χ3n) is 2.23. The third-order valence-corrected chi connectivity index (χ3v) is 3.33. The first kappa shape index (κ1) is 15.4. The van der Waals surface area contributed by atoms with Crippen molar-refractivity contribution < 1.29 is 13.2 Å². The highest BCUT2D eigenvalue weighted by molar-refractivity contribution is 7.90. The van der Waals surface area contributed by atoms with Crippen molar-refractivity contribution in [3.05, 3.63) is 0 Å². The molecule has 2 atom stereocenters. The Labute approximate surface area is 97.7 Å². The zero-order chi connectivity index (χ0) is 12.8. The largest absolute Gasteiger partial charge is 0.353 e. The molecule has 0 heterocycles. The van der Waals surface area contributed by atoms with Crippen molar-refractivity contribution >= 4 is 15.7 Å². The molecular formula is C10H22N2O3S. The maximum Gasteiger partial charge on any atom is 0.220 e. The summed E-state index contributed by atoms with van der Waals surface area (Å²) in [4.78, 5) is 11.4. The molecule has 0 saturated heterocycles. The Morgan fingerprint density at radius 1 is 1.38 bits per heavy atom. The molecule has 3 N–H and O–H groups in total. The van der Waals surface area contributed by atoms with Crippen LogP contribution in [0.3, 0.4) is 0 Å². The highest BCUT2D eigenvalue weighted by atomic mass is 32.2. The number of sulfone groups is 1. The van der Waals surface area contributed by atoms with Crippen LogP contribution in [0.5, 0.6) is 0 Å². The van der Waals surface area contributed by atoms with Crippen LogP contribution >= 0.6 is 0 Å². The van der Waals surface area contributed by atoms with Crippen molar-refractivity contribution in [2.24, 2.45) is 11.7 Å². The van der Waals surface area contributed by atoms with E-state index >= 15 is 0 Å². The molecule has 5 nitrogen and oxygen atoms in total. The predicted molar refractivity (Wildman–Crippen MR) is 64.8 cm³/mol. The van der Waals surface area contributed by atoms with Gasteiger partial charge in [-0.05, 0) is 25.8 Å². The molecule has 0 spiro atoms. The first-order chi connectivity index (χ1) is 7.24. The summed E-state index contributed by atoms with van der Waals surface area (Å²) >= 11 is 0. The number of hydrogen-bond donors (Lipinski definition) is 2. The average molecular weight is 250 g/mol. The van der Waals surface area contributed by atoms with Gasteiger partial charge in [0.15, 0.2) is 0 Å². The zero-order valence-corrected chi connectivity index (χ0v) is 11.0. The summed E-state index contributed by atoms with van der Waals surface area (Å²) in [6.07, 6.45) is 2.28. The van der Waals surface area contributed by atoms with Crippen LogP contribution in [0.25, 0.3) is 0 Å². The fraction of sp³-hybridized carbons (Fsp3) is 0.900. The quantitative estimate of drug-likeness (QED) is 0.661. The Morgan fingerprint density at radius 3 is 2.38 bits per heavy atom. The molecule has 1 amide bonds. The Kier molecular flexibility index (Phi) is 6.59. The van der Waals surface area contributed by atoms with E-state index in [0.29, 0.717) is 18.9 Å². The van der Waals surface area contributed by atoms with Gasteiger partial charge in [-0.15, -0.1) is 0 Å². The average Bonchev–Trinajstić information content (AvgIpc) is 2.10. The lowest BCUT2D eigenvalue weighted by molar-refractivity contribution is -0.121. The standard InChI is InChI=1S/C10H22N2O3S/c1-8(6-11)4-5-10(13)12-9(2)7-16(3,14)15/h8-9H,4-7,11H2,1-3H3,(H,12,13). The molecular weight excluding hydrogens is 228 g/mol. The van der Waals surface area contributed by atoms with Crippen LogP contribution in [-0.4, -0.2) is 38.9 Å². The van der Waals surface area contributed by atoms with Crippen molar-refractivity contribution in [3.8, 4) is 0 Å². The summed E-state index contributed by atoms with van der Waals surface area (Å²) < 4.78 is 21.9. The summed E-state index contributed by atoms with van der Waals surface area (Å²) in [7, 11) is -3.04. The molecule has 0 aliphatic carbocycles. The third kappa shape index (κ3) is 8.67. The number of hydrogen-bond acceptors (Lipinski definition) is 4. The molecule has 0 aromatic rings. The van der Waals surface area contributed by atoms with Gasteiger partial charge in [-0.2, -0.15) is 0 Å². The van der Waals surface area contributed by atoms with E-state index in [9.17, 15) is 13.2 Å². The monoisotopic (exact) mass is 250 g/mol. The summed E-state index contributed by atoms with van der Waals surface area (Å²) in [6.45, 7) is 4.23. The minimum Gasteiger partial charge on any atom is -0.353 e. The second-order valence-electron chi connectivity index (χ2n) is 4.44. The van der Waals surface area contributed by atoms with Gasteiger partial charge in [-0.25, -0.2) is 8.42 Å². The molecule has 0 radical (unpaired) electrons. The number of nitrogens with one attached hydrogen (secondary N) is 1. The summed E-state index contributed by atoms with van der Waals surface area (Å²) in [5, 5.41) is 2.66. The molecule has 0 aromatic heterocycles. The molecule has 2 unspecified atom stereocenters. The van der Waals surface area contributed by atoms with Crippen LogP contribution in [0.15, 0.2) is 0 Å². The summed E-state index contributed by atoms with van der Waals surface area (Å²) in [5.41, 5.74) is 5.43. The minimum absolute atomic E-state index is 0.0226. The van der Waals surface area contributed by atoms with E-state index < -0.39 is 9.84 Å². The van der Waals surface area contributed by atoms with Gasteiger partial charge < -0.3 is 11.1 Å². The first-order valence-electron chi connectivity index (χ1n) is 5.41. The van der Waals surface area contributed by atoms with E-state index in [1.54, 1.807) is 6.92 Å². The SMILES string of the molecule is CC(CN)CCC(=O)NC(C)CS(C)(=O)=O. The van der Waals surface area contributed by atoms with E-state index in [2.05, 4.69) is 5.32 Å². The Hall–Kier alpha value is -0.620. The molecule has 6 heteroatoms. The molecule has 0 saturated carbocycles. The lowest BCUT2D eigenvalue weighted by Crippen LogP contribution is -2.37. The molecule has 96 valence electrons. The van der Waals surface area contributed by atoms with Crippen molar-refractivity contribution in [2.75, 3.05) is 18.6 Å². The molecule has 0 aromatic carbocycles. The second kappa shape index (κ2) is 6.85. The van der Waals surface area contributed by atoms with E-state index in [4.69, 9.17) is 5.73 Å². The summed E-state index contributed by atoms with van der Waals surface area (Å²) in [6, 6.07) is -0.337. The highest BCUT2D eigenvalue weighted by Crippen LogP contribution is 2.03. The molecule has 0 aliphatic heterocycles. The Morgan fingerprint density at radius 2 is 1.94 bits per heavy atom. The number of amides is 1. The van der Waals surface area contributed by atoms with Crippen LogP contribution in [0.2, 0.25) is 0 Å². The number of carbonyl (C=O) groups is 1. The maximum atomic E-state index is 11.4. The Bertz CT molecular complexity index is 314. The van der Waals surface area contributed by atoms with Gasteiger partial charge in [0.1, 0.15) is 9.84 Å². The number of nitrogens with two attached hydrogens (primary N) is 1. The van der Waals surface area contributed by atoms with E-state index in [1.165, 1.54) is 0 Å². The molecule has 16 heavy (non-hydrogen) atoms. The molecule has 0 rings (SSSR count). The van der Waals surface area contributed by atoms with Crippen LogP contribution in [0, 0.1) is 5.92 Å². The van der Waals surface area contributed by atoms with Crippen molar-refractivity contribution in [2.45, 2.75) is 32.7 Å². The predicted octanol–water partition coefficient (Wildman–Crippen LogP) is -0.0893. The van der Waals surface area contributed by atoms with Crippen molar-refractivity contribution in [3.63, 3.8) is 0 Å². The topological polar surface area (TPSA) is 89.3 Å². The fourth-order valence-electron chi connectivity index (χ4n) is 1.34. The van der Waals surface area contributed by atoms with E-state index in [1.807, 2.05) is 6.92 Å². The highest BCUT2D eigenvalue weighted by Gasteiger charge is 2.13. The lowest BCUT2D eigenvalue weighted by Gasteiger charge is -2.13. The van der Waals surface area contributed by atoms with Gasteiger partial charge in [0, 0.05) is 18.7 Å². The second-order valence-corrected chi connectivity index (χ2v) is 6.63. The molecule has 0 bridgehead atoms. The van der Waals surface area contributed by atoms with E-state index in [-0.39, 0.29) is 17.7 Å². The molecule has 0 fully saturated rings. The van der Waals surface area contributed by atoms with Crippen LogP contribution in [-0.2, 0) is 14.6 Å². The number of rotatable bonds is 7. The van der Waals surface area contributed by atoms with E-state index in [0.717, 1.165) is 12.7 Å². The van der Waals surface area contributed by atoms with Gasteiger partial charge in [0.25, 0.3) is 0 Å². The maximum absolute atomic E-state index is 11.4. The van der Waals surface area contributed by atoms with Crippen molar-refractivity contribution in [1.82, 2.24) is 5.32 Å². The zero-order valence-electron chi connectivity index (χ0n) is 10.2. The van der Waals surface area contributed by atoms with Gasteiger partial charge in [-0.1, -0.05) is 6.92 Å². The van der Waals surface area contributed by atoms with Gasteiger partial charge in [-0.3, -0.25) is 4.79 Å². The lowest BCUT2D eigenvalue weighted by atomic mass is 10.1. The Balaban J connectivity index is 3.88. The van der Waals surface area contributed by atoms with Crippen LogP contribution in [0.4, 0.5) is 0 Å². The minimum atomic E-state index is -3.04. The first-order valence-corrected chi connectivity index (χ1v) is 7.47. The van der Waals surface area contributed by atoms with Crippen molar-refractivity contribution in [1.29, 1.82) is 0 Å². The fourth-order valence-corrected chi connectivity index (χ4v) is 2.33. The van der Waals surface area contributed by atoms with Crippen LogP contribution < -0.4 is 11.1 Å².